The summed E-state index contributed by atoms with van der Waals surface area (Å²) >= 11 is 0. The zero-order chi connectivity index (χ0) is 17.8. The van der Waals surface area contributed by atoms with Gasteiger partial charge in [0.05, 0.1) is 0 Å². The Bertz CT molecular complexity index is 578. The van der Waals surface area contributed by atoms with Crippen molar-refractivity contribution in [3.8, 4) is 0 Å². The van der Waals surface area contributed by atoms with Gasteiger partial charge in [-0.15, -0.1) is 0 Å². The molecule has 0 spiro atoms. The third-order valence-corrected chi connectivity index (χ3v) is 6.89. The van der Waals surface area contributed by atoms with Crippen LogP contribution in [-0.4, -0.2) is 0 Å². The van der Waals surface area contributed by atoms with Gasteiger partial charge >= 0.3 is 0 Å². The fraction of sp³-hybridized carbons (Fsp3) is 0.739. The lowest BCUT2D eigenvalue weighted by molar-refractivity contribution is 0.356. The Morgan fingerprint density at radius 1 is 0.680 bits per heavy atom. The highest BCUT2D eigenvalue weighted by molar-refractivity contribution is 5.72. The van der Waals surface area contributed by atoms with Gasteiger partial charge < -0.3 is 11.5 Å². The van der Waals surface area contributed by atoms with Crippen molar-refractivity contribution in [3.63, 3.8) is 0 Å². The molecule has 1 aromatic rings. The van der Waals surface area contributed by atoms with E-state index in [1.54, 1.807) is 0 Å². The van der Waals surface area contributed by atoms with Gasteiger partial charge in [-0.1, -0.05) is 65.2 Å². The first kappa shape index (κ1) is 18.6. The summed E-state index contributed by atoms with van der Waals surface area (Å²) in [7, 11) is 0. The quantitative estimate of drug-likeness (QED) is 0.631. The fourth-order valence-electron chi connectivity index (χ4n) is 5.53. The second kappa shape index (κ2) is 8.47. The third kappa shape index (κ3) is 3.83. The van der Waals surface area contributed by atoms with Crippen LogP contribution in [0.25, 0.3) is 0 Å². The molecular formula is C23H38N2. The summed E-state index contributed by atoms with van der Waals surface area (Å²) in [5.41, 5.74) is 21.4. The zero-order valence-electron chi connectivity index (χ0n) is 16.5. The molecule has 2 nitrogen and oxygen atoms in total. The predicted octanol–water partition coefficient (Wildman–Crippen LogP) is 6.15. The van der Waals surface area contributed by atoms with Crippen LogP contribution in [0.1, 0.15) is 106 Å². The van der Waals surface area contributed by atoms with Gasteiger partial charge in [0.15, 0.2) is 0 Å². The first-order valence-corrected chi connectivity index (χ1v) is 10.9. The summed E-state index contributed by atoms with van der Waals surface area (Å²) < 4.78 is 0. The molecule has 0 unspecified atom stereocenters. The normalized spacial score (nSPS) is 20.1. The number of nitrogen functional groups attached to an aromatic ring is 2. The maximum atomic E-state index is 6.90. The van der Waals surface area contributed by atoms with Crippen LogP contribution in [0.3, 0.4) is 0 Å². The van der Waals surface area contributed by atoms with Gasteiger partial charge in [-0.05, 0) is 66.2 Å². The van der Waals surface area contributed by atoms with Crippen LogP contribution in [0.2, 0.25) is 0 Å². The predicted molar refractivity (Wildman–Crippen MR) is 110 cm³/mol. The van der Waals surface area contributed by atoms with Crippen molar-refractivity contribution in [2.75, 3.05) is 11.5 Å². The maximum Gasteiger partial charge on any atom is 0.0389 e. The SMILES string of the molecule is CCc1c(N)c(CC)c(C2CCCCC2)c(N)c1CC1CCCCC1. The molecular weight excluding hydrogens is 304 g/mol. The summed E-state index contributed by atoms with van der Waals surface area (Å²) in [6.45, 7) is 4.49. The highest BCUT2D eigenvalue weighted by Gasteiger charge is 2.27. The number of anilines is 2. The van der Waals surface area contributed by atoms with Crippen molar-refractivity contribution in [3.05, 3.63) is 22.3 Å². The van der Waals surface area contributed by atoms with E-state index >= 15 is 0 Å². The maximum absolute atomic E-state index is 6.90. The van der Waals surface area contributed by atoms with Crippen LogP contribution >= 0.6 is 0 Å². The average molecular weight is 343 g/mol. The van der Waals surface area contributed by atoms with Gasteiger partial charge in [-0.2, -0.15) is 0 Å². The van der Waals surface area contributed by atoms with Gasteiger partial charge in [0.25, 0.3) is 0 Å². The zero-order valence-corrected chi connectivity index (χ0v) is 16.5. The van der Waals surface area contributed by atoms with E-state index in [0.717, 1.165) is 36.6 Å². The summed E-state index contributed by atoms with van der Waals surface area (Å²) in [6, 6.07) is 0. The van der Waals surface area contributed by atoms with E-state index in [1.807, 2.05) is 0 Å². The minimum absolute atomic E-state index is 0.641. The van der Waals surface area contributed by atoms with E-state index in [4.69, 9.17) is 11.5 Å². The van der Waals surface area contributed by atoms with Crippen molar-refractivity contribution in [1.82, 2.24) is 0 Å². The van der Waals surface area contributed by atoms with Crippen molar-refractivity contribution in [2.24, 2.45) is 5.92 Å². The van der Waals surface area contributed by atoms with Crippen LogP contribution in [0.15, 0.2) is 0 Å². The van der Waals surface area contributed by atoms with Crippen LogP contribution in [-0.2, 0) is 19.3 Å². The van der Waals surface area contributed by atoms with Gasteiger partial charge in [-0.25, -0.2) is 0 Å². The number of benzene rings is 1. The Balaban J connectivity index is 2.03. The minimum atomic E-state index is 0.641. The molecule has 4 N–H and O–H groups in total. The number of hydrogen-bond donors (Lipinski definition) is 2. The van der Waals surface area contributed by atoms with E-state index in [0.29, 0.717) is 5.92 Å². The molecule has 3 rings (SSSR count). The molecule has 2 aliphatic carbocycles. The molecule has 0 radical (unpaired) electrons. The van der Waals surface area contributed by atoms with Crippen LogP contribution < -0.4 is 11.5 Å². The Labute approximate surface area is 154 Å². The average Bonchev–Trinajstić information content (AvgIpc) is 2.66. The second-order valence-electron chi connectivity index (χ2n) is 8.43. The van der Waals surface area contributed by atoms with Crippen molar-refractivity contribution >= 4 is 11.4 Å². The first-order chi connectivity index (χ1) is 12.2. The molecule has 0 saturated heterocycles. The Morgan fingerprint density at radius 2 is 1.24 bits per heavy atom. The first-order valence-electron chi connectivity index (χ1n) is 10.9. The lowest BCUT2D eigenvalue weighted by Crippen LogP contribution is -2.19. The summed E-state index contributed by atoms with van der Waals surface area (Å²) in [5, 5.41) is 0. The Morgan fingerprint density at radius 3 is 1.80 bits per heavy atom. The summed E-state index contributed by atoms with van der Waals surface area (Å²) in [5.74, 6) is 1.45. The molecule has 140 valence electrons. The highest BCUT2D eigenvalue weighted by atomic mass is 14.6. The Kier molecular flexibility index (Phi) is 6.30. The standard InChI is InChI=1S/C23H38N2/c1-3-18-20(15-16-11-7-5-8-12-16)23(25)21(19(4-2)22(18)24)17-13-9-6-10-14-17/h16-17H,3-15,24-25H2,1-2H3. The molecule has 0 bridgehead atoms. The third-order valence-electron chi connectivity index (χ3n) is 6.89. The molecule has 1 aromatic carbocycles. The van der Waals surface area contributed by atoms with E-state index in [9.17, 15) is 0 Å². The summed E-state index contributed by atoms with van der Waals surface area (Å²) in [4.78, 5) is 0. The lowest BCUT2D eigenvalue weighted by Gasteiger charge is -2.31. The second-order valence-corrected chi connectivity index (χ2v) is 8.43. The molecule has 25 heavy (non-hydrogen) atoms. The molecule has 2 fully saturated rings. The number of hydrogen-bond acceptors (Lipinski definition) is 2. The fourth-order valence-corrected chi connectivity index (χ4v) is 5.53. The molecule has 0 heterocycles. The van der Waals surface area contributed by atoms with Crippen LogP contribution in [0.5, 0.6) is 0 Å². The van der Waals surface area contributed by atoms with E-state index in [2.05, 4.69) is 13.8 Å². The minimum Gasteiger partial charge on any atom is -0.398 e. The number of rotatable bonds is 5. The largest absolute Gasteiger partial charge is 0.398 e. The van der Waals surface area contributed by atoms with Crippen LogP contribution in [0, 0.1) is 5.92 Å². The molecule has 0 amide bonds. The molecule has 0 aliphatic heterocycles. The van der Waals surface area contributed by atoms with Gasteiger partial charge in [-0.3, -0.25) is 0 Å². The topological polar surface area (TPSA) is 52.0 Å². The lowest BCUT2D eigenvalue weighted by atomic mass is 9.76. The van der Waals surface area contributed by atoms with Gasteiger partial charge in [0, 0.05) is 11.4 Å². The number of nitrogens with two attached hydrogens (primary N) is 2. The highest BCUT2D eigenvalue weighted by Crippen LogP contribution is 2.44. The molecule has 0 atom stereocenters. The van der Waals surface area contributed by atoms with Crippen molar-refractivity contribution in [1.29, 1.82) is 0 Å². The molecule has 2 heteroatoms. The van der Waals surface area contributed by atoms with Crippen molar-refractivity contribution < 1.29 is 0 Å². The molecule has 0 aromatic heterocycles. The molecule has 2 aliphatic rings. The summed E-state index contributed by atoms with van der Waals surface area (Å²) in [6.07, 6.45) is 16.8. The van der Waals surface area contributed by atoms with E-state index in [1.165, 1.54) is 86.5 Å². The van der Waals surface area contributed by atoms with Crippen molar-refractivity contribution in [2.45, 2.75) is 103 Å². The Hall–Kier alpha value is -1.18. The van der Waals surface area contributed by atoms with E-state index < -0.39 is 0 Å². The monoisotopic (exact) mass is 342 g/mol. The van der Waals surface area contributed by atoms with Gasteiger partial charge in [0.1, 0.15) is 0 Å². The van der Waals surface area contributed by atoms with Crippen LogP contribution in [0.4, 0.5) is 11.4 Å². The van der Waals surface area contributed by atoms with E-state index in [-0.39, 0.29) is 0 Å². The van der Waals surface area contributed by atoms with Gasteiger partial charge in [0.2, 0.25) is 0 Å². The smallest absolute Gasteiger partial charge is 0.0389 e. The molecule has 2 saturated carbocycles.